The summed E-state index contributed by atoms with van der Waals surface area (Å²) in [6, 6.07) is 12.7. The Morgan fingerprint density at radius 3 is 2.65 bits per heavy atom. The second kappa shape index (κ2) is 6.58. The maximum Gasteiger partial charge on any atom is 0.147 e. The molecule has 0 amide bonds. The second-order valence-corrected chi connectivity index (χ2v) is 8.25. The van der Waals surface area contributed by atoms with E-state index in [0.29, 0.717) is 18.2 Å². The van der Waals surface area contributed by atoms with Crippen LogP contribution in [0.2, 0.25) is 0 Å². The van der Waals surface area contributed by atoms with E-state index in [1.807, 2.05) is 18.2 Å². The maximum atomic E-state index is 13.1. The highest BCUT2D eigenvalue weighted by molar-refractivity contribution is 7.10. The SMILES string of the molecule is Cc1csc(C(C(=O)CC2CCC(C)(C)N2)c2ccccc2)c1. The van der Waals surface area contributed by atoms with Gasteiger partial charge in [0.15, 0.2) is 0 Å². The Kier molecular flexibility index (Phi) is 4.69. The zero-order valence-corrected chi connectivity index (χ0v) is 15.0. The molecule has 1 aliphatic rings. The summed E-state index contributed by atoms with van der Waals surface area (Å²) in [4.78, 5) is 14.2. The Hall–Kier alpha value is -1.45. The molecule has 2 nitrogen and oxygen atoms in total. The summed E-state index contributed by atoms with van der Waals surface area (Å²) in [7, 11) is 0. The predicted octanol–water partition coefficient (Wildman–Crippen LogP) is 4.68. The third-order valence-corrected chi connectivity index (χ3v) is 5.77. The van der Waals surface area contributed by atoms with Gasteiger partial charge in [0, 0.05) is 22.9 Å². The highest BCUT2D eigenvalue weighted by Crippen LogP contribution is 2.33. The van der Waals surface area contributed by atoms with Gasteiger partial charge in [0.05, 0.1) is 5.92 Å². The smallest absolute Gasteiger partial charge is 0.147 e. The second-order valence-electron chi connectivity index (χ2n) is 7.30. The van der Waals surface area contributed by atoms with Gasteiger partial charge >= 0.3 is 0 Å². The first kappa shape index (κ1) is 16.4. The van der Waals surface area contributed by atoms with Gasteiger partial charge in [-0.1, -0.05) is 30.3 Å². The molecular weight excluding hydrogens is 302 g/mol. The van der Waals surface area contributed by atoms with E-state index >= 15 is 0 Å². The summed E-state index contributed by atoms with van der Waals surface area (Å²) >= 11 is 1.70. The van der Waals surface area contributed by atoms with Crippen LogP contribution in [0, 0.1) is 6.92 Å². The molecule has 1 aromatic heterocycles. The lowest BCUT2D eigenvalue weighted by Crippen LogP contribution is -2.38. The molecule has 1 N–H and O–H groups in total. The first-order valence-corrected chi connectivity index (χ1v) is 9.23. The fourth-order valence-electron chi connectivity index (χ4n) is 3.50. The minimum atomic E-state index is -0.125. The predicted molar refractivity (Wildman–Crippen MR) is 97.2 cm³/mol. The van der Waals surface area contributed by atoms with Crippen LogP contribution >= 0.6 is 11.3 Å². The average Bonchev–Trinajstić information content (AvgIpc) is 3.06. The maximum absolute atomic E-state index is 13.1. The molecule has 0 radical (unpaired) electrons. The summed E-state index contributed by atoms with van der Waals surface area (Å²) in [6.45, 7) is 6.52. The number of aryl methyl sites for hydroxylation is 1. The Balaban J connectivity index is 1.82. The van der Waals surface area contributed by atoms with Crippen molar-refractivity contribution in [1.29, 1.82) is 0 Å². The number of thiophene rings is 1. The van der Waals surface area contributed by atoms with E-state index in [4.69, 9.17) is 0 Å². The van der Waals surface area contributed by atoms with Crippen molar-refractivity contribution in [2.75, 3.05) is 0 Å². The van der Waals surface area contributed by atoms with Crippen LogP contribution in [0.25, 0.3) is 0 Å². The van der Waals surface area contributed by atoms with Crippen LogP contribution in [0.15, 0.2) is 41.8 Å². The summed E-state index contributed by atoms with van der Waals surface area (Å²) in [6.07, 6.45) is 2.84. The number of rotatable bonds is 5. The largest absolute Gasteiger partial charge is 0.309 e. The van der Waals surface area contributed by atoms with Crippen LogP contribution in [0.1, 0.15) is 55.0 Å². The van der Waals surface area contributed by atoms with Crippen LogP contribution in [0.3, 0.4) is 0 Å². The van der Waals surface area contributed by atoms with Gasteiger partial charge in [-0.05, 0) is 56.2 Å². The van der Waals surface area contributed by atoms with Crippen LogP contribution in [0.5, 0.6) is 0 Å². The van der Waals surface area contributed by atoms with Gasteiger partial charge in [-0.25, -0.2) is 0 Å². The highest BCUT2D eigenvalue weighted by atomic mass is 32.1. The van der Waals surface area contributed by atoms with E-state index in [2.05, 4.69) is 49.7 Å². The molecule has 0 aliphatic carbocycles. The standard InChI is InChI=1S/C20H25NOS/c1-14-11-18(23-13-14)19(15-7-5-4-6-8-15)17(22)12-16-9-10-20(2,3)21-16/h4-8,11,13,16,19,21H,9-10,12H2,1-3H3. The van der Waals surface area contributed by atoms with E-state index in [1.54, 1.807) is 11.3 Å². The van der Waals surface area contributed by atoms with Gasteiger partial charge in [0.1, 0.15) is 5.78 Å². The fraction of sp³-hybridized carbons (Fsp3) is 0.450. The number of nitrogens with one attached hydrogen (secondary N) is 1. The Morgan fingerprint density at radius 2 is 2.09 bits per heavy atom. The third-order valence-electron chi connectivity index (χ3n) is 4.65. The zero-order valence-electron chi connectivity index (χ0n) is 14.1. The number of benzene rings is 1. The van der Waals surface area contributed by atoms with E-state index in [1.165, 1.54) is 5.56 Å². The number of carbonyl (C=O) groups excluding carboxylic acids is 1. The summed E-state index contributed by atoms with van der Waals surface area (Å²) in [5.41, 5.74) is 2.50. The van der Waals surface area contributed by atoms with E-state index in [-0.39, 0.29) is 11.5 Å². The van der Waals surface area contributed by atoms with Crippen molar-refractivity contribution >= 4 is 17.1 Å². The average molecular weight is 327 g/mol. The molecule has 122 valence electrons. The number of hydrogen-bond acceptors (Lipinski definition) is 3. The molecule has 2 unspecified atom stereocenters. The fourth-order valence-corrected chi connectivity index (χ4v) is 4.55. The van der Waals surface area contributed by atoms with Crippen molar-refractivity contribution in [1.82, 2.24) is 5.32 Å². The van der Waals surface area contributed by atoms with Crippen molar-refractivity contribution in [2.24, 2.45) is 0 Å². The lowest BCUT2D eigenvalue weighted by Gasteiger charge is -2.21. The molecule has 1 aliphatic heterocycles. The summed E-state index contributed by atoms with van der Waals surface area (Å²) in [5, 5.41) is 5.74. The monoisotopic (exact) mass is 327 g/mol. The molecule has 23 heavy (non-hydrogen) atoms. The van der Waals surface area contributed by atoms with E-state index in [9.17, 15) is 4.79 Å². The van der Waals surface area contributed by atoms with Crippen molar-refractivity contribution < 1.29 is 4.79 Å². The highest BCUT2D eigenvalue weighted by Gasteiger charge is 2.33. The molecule has 1 fully saturated rings. The first-order chi connectivity index (χ1) is 10.9. The molecule has 0 saturated carbocycles. The minimum Gasteiger partial charge on any atom is -0.309 e. The molecule has 3 heteroatoms. The van der Waals surface area contributed by atoms with Gasteiger partial charge < -0.3 is 5.32 Å². The number of Topliss-reactive ketones (excluding diaryl/α,β-unsaturated/α-hetero) is 1. The lowest BCUT2D eigenvalue weighted by atomic mass is 9.89. The molecule has 3 rings (SSSR count). The quantitative estimate of drug-likeness (QED) is 0.864. The first-order valence-electron chi connectivity index (χ1n) is 8.35. The van der Waals surface area contributed by atoms with Crippen molar-refractivity contribution in [3.63, 3.8) is 0 Å². The Bertz CT molecular complexity index is 674. The normalized spacial score (nSPS) is 21.3. The third kappa shape index (κ3) is 3.91. The van der Waals surface area contributed by atoms with Crippen LogP contribution in [0.4, 0.5) is 0 Å². The van der Waals surface area contributed by atoms with Gasteiger partial charge in [0.25, 0.3) is 0 Å². The van der Waals surface area contributed by atoms with Gasteiger partial charge in [0.2, 0.25) is 0 Å². The van der Waals surface area contributed by atoms with Crippen LogP contribution in [-0.2, 0) is 4.79 Å². The topological polar surface area (TPSA) is 29.1 Å². The number of hydrogen-bond donors (Lipinski definition) is 1. The molecule has 2 aromatic rings. The van der Waals surface area contributed by atoms with Crippen LogP contribution < -0.4 is 5.32 Å². The molecule has 2 atom stereocenters. The molecule has 0 bridgehead atoms. The van der Waals surface area contributed by atoms with Crippen molar-refractivity contribution in [2.45, 2.75) is 57.5 Å². The lowest BCUT2D eigenvalue weighted by molar-refractivity contribution is -0.120. The Morgan fingerprint density at radius 1 is 1.35 bits per heavy atom. The molecular formula is C20H25NOS. The van der Waals surface area contributed by atoms with E-state index < -0.39 is 0 Å². The minimum absolute atomic E-state index is 0.125. The number of carbonyl (C=O) groups is 1. The van der Waals surface area contributed by atoms with Crippen molar-refractivity contribution in [3.05, 3.63) is 57.8 Å². The number of ketones is 1. The van der Waals surface area contributed by atoms with Gasteiger partial charge in [-0.2, -0.15) is 0 Å². The van der Waals surface area contributed by atoms with E-state index in [0.717, 1.165) is 23.3 Å². The van der Waals surface area contributed by atoms with Crippen molar-refractivity contribution in [3.8, 4) is 0 Å². The summed E-state index contributed by atoms with van der Waals surface area (Å²) in [5.74, 6) is 0.202. The van der Waals surface area contributed by atoms with Crippen LogP contribution in [-0.4, -0.2) is 17.4 Å². The zero-order chi connectivity index (χ0) is 16.4. The molecule has 2 heterocycles. The molecule has 0 spiro atoms. The Labute approximate surface area is 142 Å². The molecule has 1 saturated heterocycles. The molecule has 1 aromatic carbocycles. The van der Waals surface area contributed by atoms with Gasteiger partial charge in [-0.3, -0.25) is 4.79 Å². The summed E-state index contributed by atoms with van der Waals surface area (Å²) < 4.78 is 0. The van der Waals surface area contributed by atoms with Gasteiger partial charge in [-0.15, -0.1) is 11.3 Å².